The molecule has 1 saturated heterocycles. The predicted octanol–water partition coefficient (Wildman–Crippen LogP) is -0.0289. The molecule has 0 saturated carbocycles. The van der Waals surface area contributed by atoms with Crippen molar-refractivity contribution < 1.29 is 0 Å². The van der Waals surface area contributed by atoms with Crippen LogP contribution in [0.15, 0.2) is 0 Å². The maximum Gasteiger partial charge on any atom is 0.0190 e. The largest absolute Gasteiger partial charge is 0.329 e. The number of rotatable bonds is 2. The highest BCUT2D eigenvalue weighted by atomic mass is 15.2. The molecule has 1 fully saturated rings. The molecule has 3 heteroatoms. The van der Waals surface area contributed by atoms with E-state index < -0.39 is 0 Å². The van der Waals surface area contributed by atoms with Gasteiger partial charge in [-0.25, -0.2) is 0 Å². The van der Waals surface area contributed by atoms with Crippen LogP contribution in [0.25, 0.3) is 0 Å². The quantitative estimate of drug-likeness (QED) is 0.633. The van der Waals surface area contributed by atoms with Crippen molar-refractivity contribution in [3.63, 3.8) is 0 Å². The van der Waals surface area contributed by atoms with Crippen molar-refractivity contribution in [3.8, 4) is 0 Å². The molecule has 3 nitrogen and oxygen atoms in total. The van der Waals surface area contributed by atoms with E-state index in [2.05, 4.69) is 23.8 Å². The smallest absolute Gasteiger partial charge is 0.0190 e. The van der Waals surface area contributed by atoms with Gasteiger partial charge >= 0.3 is 0 Å². The zero-order valence-electron chi connectivity index (χ0n) is 8.29. The minimum atomic E-state index is 0.552. The van der Waals surface area contributed by atoms with Gasteiger partial charge in [0.25, 0.3) is 0 Å². The average Bonchev–Trinajstić information content (AvgIpc) is 2.29. The Labute approximate surface area is 75.5 Å². The lowest BCUT2D eigenvalue weighted by Crippen LogP contribution is -2.40. The Bertz CT molecular complexity index is 127. The van der Waals surface area contributed by atoms with Gasteiger partial charge in [-0.1, -0.05) is 0 Å². The standard InChI is InChI=1S/C9H21N3/c1-9(8-10)12-5-3-4-11(2)6-7-12/h9H,3-8,10H2,1-2H3. The van der Waals surface area contributed by atoms with Gasteiger partial charge in [0, 0.05) is 25.7 Å². The molecule has 12 heavy (non-hydrogen) atoms. The summed E-state index contributed by atoms with van der Waals surface area (Å²) in [5.74, 6) is 0. The van der Waals surface area contributed by atoms with Gasteiger partial charge in [0.15, 0.2) is 0 Å². The van der Waals surface area contributed by atoms with E-state index in [1.165, 1.54) is 32.6 Å². The van der Waals surface area contributed by atoms with Crippen LogP contribution in [0.3, 0.4) is 0 Å². The first-order chi connectivity index (χ1) is 5.74. The Morgan fingerprint density at radius 3 is 2.67 bits per heavy atom. The van der Waals surface area contributed by atoms with Crippen LogP contribution >= 0.6 is 0 Å². The lowest BCUT2D eigenvalue weighted by atomic mass is 10.2. The van der Waals surface area contributed by atoms with Crippen LogP contribution in [-0.4, -0.2) is 55.6 Å². The predicted molar refractivity (Wildman–Crippen MR) is 52.2 cm³/mol. The highest BCUT2D eigenvalue weighted by Crippen LogP contribution is 2.04. The van der Waals surface area contributed by atoms with Gasteiger partial charge in [-0.05, 0) is 33.5 Å². The monoisotopic (exact) mass is 171 g/mol. The maximum atomic E-state index is 5.63. The molecule has 1 rings (SSSR count). The van der Waals surface area contributed by atoms with E-state index in [0.29, 0.717) is 6.04 Å². The third kappa shape index (κ3) is 2.73. The van der Waals surface area contributed by atoms with Crippen LogP contribution in [0, 0.1) is 0 Å². The van der Waals surface area contributed by atoms with Crippen LogP contribution in [0.1, 0.15) is 13.3 Å². The number of hydrogen-bond donors (Lipinski definition) is 1. The van der Waals surface area contributed by atoms with Crippen molar-refractivity contribution in [2.45, 2.75) is 19.4 Å². The summed E-state index contributed by atoms with van der Waals surface area (Å²) in [4.78, 5) is 4.88. The number of likely N-dealkylation sites (N-methyl/N-ethyl adjacent to an activating group) is 1. The molecule has 0 amide bonds. The summed E-state index contributed by atoms with van der Waals surface area (Å²) in [6.07, 6.45) is 1.28. The number of hydrogen-bond acceptors (Lipinski definition) is 3. The summed E-state index contributed by atoms with van der Waals surface area (Å²) in [6.45, 7) is 7.80. The average molecular weight is 171 g/mol. The molecule has 1 heterocycles. The molecule has 0 spiro atoms. The summed E-state index contributed by atoms with van der Waals surface area (Å²) in [6, 6.07) is 0.552. The van der Waals surface area contributed by atoms with E-state index in [1.54, 1.807) is 0 Å². The van der Waals surface area contributed by atoms with E-state index in [9.17, 15) is 0 Å². The summed E-state index contributed by atoms with van der Waals surface area (Å²) < 4.78 is 0. The summed E-state index contributed by atoms with van der Waals surface area (Å²) in [5.41, 5.74) is 5.63. The van der Waals surface area contributed by atoms with E-state index in [0.717, 1.165) is 6.54 Å². The van der Waals surface area contributed by atoms with Crippen LogP contribution in [0.4, 0.5) is 0 Å². The number of nitrogens with zero attached hydrogens (tertiary/aromatic N) is 2. The Hall–Kier alpha value is -0.120. The highest BCUT2D eigenvalue weighted by Gasteiger charge is 2.15. The fourth-order valence-corrected chi connectivity index (χ4v) is 1.66. The molecule has 1 atom stereocenters. The van der Waals surface area contributed by atoms with Gasteiger partial charge in [0.1, 0.15) is 0 Å². The lowest BCUT2D eigenvalue weighted by molar-refractivity contribution is 0.219. The minimum Gasteiger partial charge on any atom is -0.329 e. The van der Waals surface area contributed by atoms with Crippen LogP contribution in [-0.2, 0) is 0 Å². The first-order valence-electron chi connectivity index (χ1n) is 4.86. The van der Waals surface area contributed by atoms with Crippen molar-refractivity contribution in [2.75, 3.05) is 39.8 Å². The molecule has 72 valence electrons. The third-order valence-corrected chi connectivity index (χ3v) is 2.72. The van der Waals surface area contributed by atoms with E-state index in [-0.39, 0.29) is 0 Å². The SMILES string of the molecule is CC(CN)N1CCCN(C)CC1. The van der Waals surface area contributed by atoms with Crippen LogP contribution in [0.2, 0.25) is 0 Å². The Balaban J connectivity index is 2.35. The van der Waals surface area contributed by atoms with Crippen molar-refractivity contribution in [1.82, 2.24) is 9.80 Å². The highest BCUT2D eigenvalue weighted by molar-refractivity contribution is 4.72. The third-order valence-electron chi connectivity index (χ3n) is 2.72. The molecule has 1 unspecified atom stereocenters. The lowest BCUT2D eigenvalue weighted by Gasteiger charge is -2.26. The molecule has 0 bridgehead atoms. The normalized spacial score (nSPS) is 25.2. The fraction of sp³-hybridized carbons (Fsp3) is 1.00. The summed E-state index contributed by atoms with van der Waals surface area (Å²) in [7, 11) is 2.19. The molecule has 2 N–H and O–H groups in total. The zero-order valence-corrected chi connectivity index (χ0v) is 8.29. The fourth-order valence-electron chi connectivity index (χ4n) is 1.66. The molecular weight excluding hydrogens is 150 g/mol. The van der Waals surface area contributed by atoms with Gasteiger partial charge in [0.2, 0.25) is 0 Å². The van der Waals surface area contributed by atoms with E-state index >= 15 is 0 Å². The maximum absolute atomic E-state index is 5.63. The molecule has 0 aromatic rings. The van der Waals surface area contributed by atoms with Gasteiger partial charge in [-0.15, -0.1) is 0 Å². The second-order valence-corrected chi connectivity index (χ2v) is 3.78. The molecule has 0 aromatic heterocycles. The molecule has 0 aliphatic carbocycles. The molecule has 0 aromatic carbocycles. The second kappa shape index (κ2) is 4.80. The zero-order chi connectivity index (χ0) is 8.97. The van der Waals surface area contributed by atoms with Gasteiger partial charge in [-0.3, -0.25) is 4.90 Å². The Kier molecular flexibility index (Phi) is 3.98. The van der Waals surface area contributed by atoms with Gasteiger partial charge < -0.3 is 10.6 Å². The molecule has 1 aliphatic heterocycles. The minimum absolute atomic E-state index is 0.552. The molecule has 1 aliphatic rings. The van der Waals surface area contributed by atoms with Crippen LogP contribution < -0.4 is 5.73 Å². The topological polar surface area (TPSA) is 32.5 Å². The van der Waals surface area contributed by atoms with E-state index in [1.807, 2.05) is 0 Å². The summed E-state index contributed by atoms with van der Waals surface area (Å²) >= 11 is 0. The van der Waals surface area contributed by atoms with Gasteiger partial charge in [-0.2, -0.15) is 0 Å². The number of nitrogens with two attached hydrogens (primary N) is 1. The van der Waals surface area contributed by atoms with Gasteiger partial charge in [0.05, 0.1) is 0 Å². The van der Waals surface area contributed by atoms with Crippen LogP contribution in [0.5, 0.6) is 0 Å². The molecule has 0 radical (unpaired) electrons. The van der Waals surface area contributed by atoms with E-state index in [4.69, 9.17) is 5.73 Å². The first kappa shape index (κ1) is 9.96. The van der Waals surface area contributed by atoms with Crippen molar-refractivity contribution in [2.24, 2.45) is 5.73 Å². The second-order valence-electron chi connectivity index (χ2n) is 3.78. The summed E-state index contributed by atoms with van der Waals surface area (Å²) in [5, 5.41) is 0. The van der Waals surface area contributed by atoms with Crippen molar-refractivity contribution >= 4 is 0 Å². The first-order valence-corrected chi connectivity index (χ1v) is 4.86. The Morgan fingerprint density at radius 2 is 2.00 bits per heavy atom. The Morgan fingerprint density at radius 1 is 1.25 bits per heavy atom. The van der Waals surface area contributed by atoms with Crippen molar-refractivity contribution in [1.29, 1.82) is 0 Å². The van der Waals surface area contributed by atoms with Crippen molar-refractivity contribution in [3.05, 3.63) is 0 Å². The molecular formula is C9H21N3.